The molecule has 1 fully saturated rings. The van der Waals surface area contributed by atoms with E-state index in [1.54, 1.807) is 52.0 Å². The summed E-state index contributed by atoms with van der Waals surface area (Å²) >= 11 is 0. The summed E-state index contributed by atoms with van der Waals surface area (Å²) in [6.07, 6.45) is -0.875. The number of esters is 1. The Bertz CT molecular complexity index is 919. The molecule has 1 heterocycles. The second-order valence-corrected chi connectivity index (χ2v) is 11.0. The second-order valence-electron chi connectivity index (χ2n) is 8.67. The zero-order chi connectivity index (χ0) is 23.4. The Hall–Kier alpha value is -2.62. The number of hydrogen-bond donors (Lipinski definition) is 2. The summed E-state index contributed by atoms with van der Waals surface area (Å²) in [5.74, 6) is -1.37. The van der Waals surface area contributed by atoms with Crippen molar-refractivity contribution in [1.29, 1.82) is 0 Å². The molecule has 0 saturated carbocycles. The van der Waals surface area contributed by atoms with Crippen LogP contribution in [0.5, 0.6) is 0 Å². The molecule has 1 atom stereocenters. The van der Waals surface area contributed by atoms with E-state index in [-0.39, 0.29) is 24.3 Å². The molecular weight excluding hydrogens is 424 g/mol. The average Bonchev–Trinajstić information content (AvgIpc) is 2.67. The van der Waals surface area contributed by atoms with Gasteiger partial charge >= 0.3 is 12.1 Å². The van der Waals surface area contributed by atoms with Crippen LogP contribution in [0, 0.1) is 0 Å². The Morgan fingerprint density at radius 3 is 2.10 bits per heavy atom. The van der Waals surface area contributed by atoms with Gasteiger partial charge in [-0.15, -0.1) is 0 Å². The first-order valence-corrected chi connectivity index (χ1v) is 11.8. The summed E-state index contributed by atoms with van der Waals surface area (Å²) in [5.41, 5.74) is -1.05. The van der Waals surface area contributed by atoms with E-state index in [0.29, 0.717) is 5.56 Å². The van der Waals surface area contributed by atoms with Crippen molar-refractivity contribution in [2.45, 2.75) is 57.7 Å². The van der Waals surface area contributed by atoms with Gasteiger partial charge in [0.15, 0.2) is 9.84 Å². The van der Waals surface area contributed by atoms with Crippen LogP contribution in [0.1, 0.15) is 62.5 Å². The number of carbonyl (C=O) groups excluding carboxylic acids is 3. The number of nitrogens with one attached hydrogen (secondary N) is 2. The molecule has 31 heavy (non-hydrogen) atoms. The Morgan fingerprint density at radius 1 is 1.06 bits per heavy atom. The maximum absolute atomic E-state index is 13.2. The minimum absolute atomic E-state index is 0.0472. The van der Waals surface area contributed by atoms with E-state index in [1.165, 1.54) is 7.11 Å². The van der Waals surface area contributed by atoms with E-state index in [9.17, 15) is 22.8 Å². The third-order valence-corrected chi connectivity index (χ3v) is 6.69. The SMILES string of the molecule is COC(=O)c1ccc(C(C)NC(=O)C2(NC(=O)OC(C)(C)C)CCS(=O)(=O)CC2)cc1. The predicted octanol–water partition coefficient (Wildman–Crippen LogP) is 2.12. The first-order chi connectivity index (χ1) is 14.3. The molecule has 1 aromatic carbocycles. The number of hydrogen-bond acceptors (Lipinski definition) is 7. The number of amides is 2. The molecule has 1 saturated heterocycles. The van der Waals surface area contributed by atoms with Gasteiger partial charge in [0.25, 0.3) is 0 Å². The Labute approximate surface area is 182 Å². The van der Waals surface area contributed by atoms with Crippen molar-refractivity contribution in [1.82, 2.24) is 10.6 Å². The van der Waals surface area contributed by atoms with Crippen molar-refractivity contribution in [2.75, 3.05) is 18.6 Å². The van der Waals surface area contributed by atoms with Gasteiger partial charge in [-0.25, -0.2) is 18.0 Å². The maximum Gasteiger partial charge on any atom is 0.408 e. The molecule has 0 aliphatic carbocycles. The lowest BCUT2D eigenvalue weighted by Crippen LogP contribution is -2.62. The van der Waals surface area contributed by atoms with E-state index in [4.69, 9.17) is 4.74 Å². The number of rotatable bonds is 5. The van der Waals surface area contributed by atoms with Gasteiger partial charge in [0.2, 0.25) is 5.91 Å². The third kappa shape index (κ3) is 6.68. The number of benzene rings is 1. The van der Waals surface area contributed by atoms with Gasteiger partial charge in [0.1, 0.15) is 11.1 Å². The molecule has 10 heteroatoms. The van der Waals surface area contributed by atoms with Crippen LogP contribution in [-0.4, -0.2) is 56.1 Å². The van der Waals surface area contributed by atoms with E-state index in [1.807, 2.05) is 0 Å². The number of ether oxygens (including phenoxy) is 2. The standard InChI is InChI=1S/C21H30N2O7S/c1-14(15-6-8-16(9-7-15)17(24)29-5)22-18(25)21(10-12-31(27,28)13-11-21)23-19(26)30-20(2,3)4/h6-9,14H,10-13H2,1-5H3,(H,22,25)(H,23,26). The highest BCUT2D eigenvalue weighted by Crippen LogP contribution is 2.26. The normalized spacial score (nSPS) is 18.4. The number of alkyl carbamates (subject to hydrolysis) is 1. The lowest BCUT2D eigenvalue weighted by Gasteiger charge is -2.37. The van der Waals surface area contributed by atoms with Crippen LogP contribution in [0.3, 0.4) is 0 Å². The van der Waals surface area contributed by atoms with Gasteiger partial charge in [-0.05, 0) is 58.2 Å². The molecule has 1 unspecified atom stereocenters. The van der Waals surface area contributed by atoms with Crippen molar-refractivity contribution in [3.8, 4) is 0 Å². The molecule has 0 radical (unpaired) electrons. The number of sulfone groups is 1. The maximum atomic E-state index is 13.2. The monoisotopic (exact) mass is 454 g/mol. The van der Waals surface area contributed by atoms with Gasteiger partial charge in [-0.2, -0.15) is 0 Å². The lowest BCUT2D eigenvalue weighted by atomic mass is 9.90. The van der Waals surface area contributed by atoms with Crippen LogP contribution in [0.25, 0.3) is 0 Å². The van der Waals surface area contributed by atoms with Gasteiger partial charge in [-0.1, -0.05) is 12.1 Å². The first kappa shape index (κ1) is 24.6. The van der Waals surface area contributed by atoms with Gasteiger partial charge in [0, 0.05) is 0 Å². The predicted molar refractivity (Wildman–Crippen MR) is 114 cm³/mol. The smallest absolute Gasteiger partial charge is 0.408 e. The fourth-order valence-electron chi connectivity index (χ4n) is 3.24. The minimum Gasteiger partial charge on any atom is -0.465 e. The van der Waals surface area contributed by atoms with E-state index in [0.717, 1.165) is 5.56 Å². The summed E-state index contributed by atoms with van der Waals surface area (Å²) in [7, 11) is -1.98. The summed E-state index contributed by atoms with van der Waals surface area (Å²) in [6, 6.07) is 6.11. The molecule has 1 aliphatic heterocycles. The summed E-state index contributed by atoms with van der Waals surface area (Å²) in [4.78, 5) is 37.1. The molecule has 2 N–H and O–H groups in total. The fourth-order valence-corrected chi connectivity index (χ4v) is 4.76. The topological polar surface area (TPSA) is 128 Å². The quantitative estimate of drug-likeness (QED) is 0.652. The van der Waals surface area contributed by atoms with Gasteiger partial charge in [-0.3, -0.25) is 4.79 Å². The molecular formula is C21H30N2O7S. The first-order valence-electron chi connectivity index (χ1n) is 9.98. The molecule has 2 rings (SSSR count). The van der Waals surface area contributed by atoms with Crippen molar-refractivity contribution in [3.63, 3.8) is 0 Å². The molecule has 9 nitrogen and oxygen atoms in total. The van der Waals surface area contributed by atoms with Crippen LogP contribution in [0.2, 0.25) is 0 Å². The molecule has 1 aromatic rings. The van der Waals surface area contributed by atoms with Crippen LogP contribution >= 0.6 is 0 Å². The zero-order valence-electron chi connectivity index (χ0n) is 18.5. The summed E-state index contributed by atoms with van der Waals surface area (Å²) < 4.78 is 33.8. The van der Waals surface area contributed by atoms with E-state index in [2.05, 4.69) is 15.4 Å². The van der Waals surface area contributed by atoms with Crippen LogP contribution in [0.4, 0.5) is 4.79 Å². The van der Waals surface area contributed by atoms with Crippen molar-refractivity contribution < 1.29 is 32.3 Å². The van der Waals surface area contributed by atoms with E-state index >= 15 is 0 Å². The highest BCUT2D eigenvalue weighted by atomic mass is 32.2. The molecule has 172 valence electrons. The number of carbonyl (C=O) groups is 3. The molecule has 0 bridgehead atoms. The molecule has 0 aromatic heterocycles. The van der Waals surface area contributed by atoms with Gasteiger partial charge < -0.3 is 20.1 Å². The van der Waals surface area contributed by atoms with Crippen molar-refractivity contribution in [2.24, 2.45) is 0 Å². The highest BCUT2D eigenvalue weighted by Gasteiger charge is 2.45. The summed E-state index contributed by atoms with van der Waals surface area (Å²) in [5, 5.41) is 5.46. The minimum atomic E-state index is -3.27. The average molecular weight is 455 g/mol. The fraction of sp³-hybridized carbons (Fsp3) is 0.571. The Kier molecular flexibility index (Phi) is 7.36. The molecule has 1 aliphatic rings. The lowest BCUT2D eigenvalue weighted by molar-refractivity contribution is -0.128. The largest absolute Gasteiger partial charge is 0.465 e. The van der Waals surface area contributed by atoms with Crippen LogP contribution in [0.15, 0.2) is 24.3 Å². The van der Waals surface area contributed by atoms with Crippen LogP contribution in [-0.2, 0) is 24.1 Å². The van der Waals surface area contributed by atoms with E-state index < -0.39 is 45.0 Å². The highest BCUT2D eigenvalue weighted by molar-refractivity contribution is 7.91. The Morgan fingerprint density at radius 2 is 1.61 bits per heavy atom. The zero-order valence-corrected chi connectivity index (χ0v) is 19.3. The van der Waals surface area contributed by atoms with Crippen LogP contribution < -0.4 is 10.6 Å². The molecule has 0 spiro atoms. The van der Waals surface area contributed by atoms with Crippen molar-refractivity contribution >= 4 is 27.8 Å². The Balaban J connectivity index is 2.18. The summed E-state index contributed by atoms with van der Waals surface area (Å²) in [6.45, 7) is 6.85. The van der Waals surface area contributed by atoms with Gasteiger partial charge in [0.05, 0.1) is 30.2 Å². The number of methoxy groups -OCH3 is 1. The molecule has 2 amide bonds. The van der Waals surface area contributed by atoms with Crippen molar-refractivity contribution in [3.05, 3.63) is 35.4 Å². The third-order valence-electron chi connectivity index (χ3n) is 5.03. The second kappa shape index (κ2) is 9.25.